The molecule has 4 rings (SSSR count). The Labute approximate surface area is 172 Å². The van der Waals surface area contributed by atoms with E-state index in [1.54, 1.807) is 7.11 Å². The second kappa shape index (κ2) is 7.75. The van der Waals surface area contributed by atoms with Crippen molar-refractivity contribution in [2.45, 2.75) is 12.5 Å². The van der Waals surface area contributed by atoms with E-state index in [1.807, 2.05) is 54.6 Å². The highest BCUT2D eigenvalue weighted by atomic mass is 79.9. The first-order chi connectivity index (χ1) is 13.2. The van der Waals surface area contributed by atoms with Gasteiger partial charge < -0.3 is 4.74 Å². The van der Waals surface area contributed by atoms with E-state index in [0.717, 1.165) is 38.6 Å². The van der Waals surface area contributed by atoms with Crippen molar-refractivity contribution < 1.29 is 4.74 Å². The first kappa shape index (κ1) is 18.1. The zero-order chi connectivity index (χ0) is 18.8. The molecule has 1 aliphatic rings. The van der Waals surface area contributed by atoms with Crippen LogP contribution in [0.5, 0.6) is 5.75 Å². The molecule has 0 saturated carbocycles. The van der Waals surface area contributed by atoms with Gasteiger partial charge in [0.15, 0.2) is 0 Å². The molecule has 3 aromatic rings. The summed E-state index contributed by atoms with van der Waals surface area (Å²) in [5.74, 6) is 0.850. The smallest absolute Gasteiger partial charge is 0.118 e. The number of benzene rings is 3. The predicted octanol–water partition coefficient (Wildman–Crippen LogP) is 6.47. The number of hydrazone groups is 1. The SMILES string of the molecule is COc1ccc([C@H]2CC(c3ccc(Cl)cc3)=NN2c2ccccc2Br)cc1. The van der Waals surface area contributed by atoms with Gasteiger partial charge in [0.05, 0.1) is 24.6 Å². The minimum absolute atomic E-state index is 0.111. The van der Waals surface area contributed by atoms with E-state index in [-0.39, 0.29) is 6.04 Å². The number of hydrogen-bond acceptors (Lipinski definition) is 3. The lowest BCUT2D eigenvalue weighted by Gasteiger charge is -2.25. The lowest BCUT2D eigenvalue weighted by atomic mass is 9.98. The molecule has 0 radical (unpaired) electrons. The van der Waals surface area contributed by atoms with E-state index in [0.29, 0.717) is 0 Å². The topological polar surface area (TPSA) is 24.8 Å². The van der Waals surface area contributed by atoms with Gasteiger partial charge in [-0.2, -0.15) is 5.10 Å². The lowest BCUT2D eigenvalue weighted by molar-refractivity contribution is 0.414. The molecule has 1 aliphatic heterocycles. The highest BCUT2D eigenvalue weighted by Gasteiger charge is 2.30. The van der Waals surface area contributed by atoms with Crippen molar-refractivity contribution in [2.24, 2.45) is 5.10 Å². The number of anilines is 1. The monoisotopic (exact) mass is 440 g/mol. The average Bonchev–Trinajstić information content (AvgIpc) is 3.14. The highest BCUT2D eigenvalue weighted by Crippen LogP contribution is 2.40. The summed E-state index contributed by atoms with van der Waals surface area (Å²) in [5, 5.41) is 7.79. The standard InChI is InChI=1S/C22H18BrClN2O/c1-27-18-12-8-16(9-13-18)22-14-20(15-6-10-17(24)11-7-15)25-26(22)21-5-3-2-4-19(21)23/h2-13,22H,14H2,1H3/t22-/m1/s1. The number of rotatable bonds is 4. The van der Waals surface area contributed by atoms with E-state index >= 15 is 0 Å². The Morgan fingerprint density at radius 1 is 1.00 bits per heavy atom. The van der Waals surface area contributed by atoms with Crippen LogP contribution in [0, 0.1) is 0 Å². The van der Waals surface area contributed by atoms with Crippen molar-refractivity contribution in [3.63, 3.8) is 0 Å². The third-order valence-electron chi connectivity index (χ3n) is 4.69. The Hall–Kier alpha value is -2.30. The van der Waals surface area contributed by atoms with E-state index in [1.165, 1.54) is 5.56 Å². The molecule has 1 atom stereocenters. The Morgan fingerprint density at radius 2 is 1.70 bits per heavy atom. The van der Waals surface area contributed by atoms with Gasteiger partial charge in [-0.15, -0.1) is 0 Å². The minimum atomic E-state index is 0.111. The molecule has 3 aromatic carbocycles. The van der Waals surface area contributed by atoms with E-state index in [9.17, 15) is 0 Å². The molecular weight excluding hydrogens is 424 g/mol. The van der Waals surface area contributed by atoms with Crippen molar-refractivity contribution in [3.8, 4) is 5.75 Å². The Bertz CT molecular complexity index is 970. The van der Waals surface area contributed by atoms with Gasteiger partial charge in [0.1, 0.15) is 5.75 Å². The second-order valence-electron chi connectivity index (χ2n) is 6.34. The average molecular weight is 442 g/mol. The number of nitrogens with zero attached hydrogens (tertiary/aromatic N) is 2. The van der Waals surface area contributed by atoms with E-state index in [4.69, 9.17) is 21.4 Å². The molecule has 0 saturated heterocycles. The van der Waals surface area contributed by atoms with Gasteiger partial charge in [-0.25, -0.2) is 0 Å². The maximum absolute atomic E-state index is 6.05. The van der Waals surface area contributed by atoms with Crippen LogP contribution in [-0.2, 0) is 0 Å². The third-order valence-corrected chi connectivity index (χ3v) is 5.61. The first-order valence-corrected chi connectivity index (χ1v) is 9.84. The number of halogens is 2. The summed E-state index contributed by atoms with van der Waals surface area (Å²) >= 11 is 9.71. The maximum Gasteiger partial charge on any atom is 0.118 e. The maximum atomic E-state index is 6.05. The fourth-order valence-electron chi connectivity index (χ4n) is 3.27. The molecule has 0 spiro atoms. The van der Waals surface area contributed by atoms with Crippen LogP contribution in [0.1, 0.15) is 23.6 Å². The van der Waals surface area contributed by atoms with Gasteiger partial charge in [-0.05, 0) is 63.5 Å². The summed E-state index contributed by atoms with van der Waals surface area (Å²) in [6, 6.07) is 24.3. The van der Waals surface area contributed by atoms with Crippen molar-refractivity contribution >= 4 is 38.9 Å². The van der Waals surface area contributed by atoms with E-state index < -0.39 is 0 Å². The molecule has 5 heteroatoms. The Balaban J connectivity index is 1.75. The van der Waals surface area contributed by atoms with Gasteiger partial charge in [-0.1, -0.05) is 48.0 Å². The van der Waals surface area contributed by atoms with Gasteiger partial charge in [0.25, 0.3) is 0 Å². The number of hydrogen-bond donors (Lipinski definition) is 0. The van der Waals surface area contributed by atoms with Crippen molar-refractivity contribution in [2.75, 3.05) is 12.1 Å². The van der Waals surface area contributed by atoms with Gasteiger partial charge in [-0.3, -0.25) is 5.01 Å². The normalized spacial score (nSPS) is 16.3. The molecule has 1 heterocycles. The summed E-state index contributed by atoms with van der Waals surface area (Å²) in [6.07, 6.45) is 0.815. The summed E-state index contributed by atoms with van der Waals surface area (Å²) in [7, 11) is 1.68. The number of para-hydroxylation sites is 1. The van der Waals surface area contributed by atoms with Crippen molar-refractivity contribution in [1.29, 1.82) is 0 Å². The molecule has 27 heavy (non-hydrogen) atoms. The van der Waals surface area contributed by atoms with Crippen LogP contribution in [0.4, 0.5) is 5.69 Å². The first-order valence-electron chi connectivity index (χ1n) is 8.67. The number of ether oxygens (including phenoxy) is 1. The van der Waals surface area contributed by atoms with Crippen LogP contribution >= 0.6 is 27.5 Å². The largest absolute Gasteiger partial charge is 0.497 e. The molecule has 3 nitrogen and oxygen atoms in total. The Morgan fingerprint density at radius 3 is 2.37 bits per heavy atom. The van der Waals surface area contributed by atoms with Crippen LogP contribution < -0.4 is 9.75 Å². The lowest BCUT2D eigenvalue weighted by Crippen LogP contribution is -2.18. The molecule has 0 fully saturated rings. The van der Waals surface area contributed by atoms with Crippen LogP contribution in [0.25, 0.3) is 0 Å². The molecular formula is C22H18BrClN2O. The van der Waals surface area contributed by atoms with Crippen LogP contribution in [0.2, 0.25) is 5.02 Å². The summed E-state index contributed by atoms with van der Waals surface area (Å²) in [5.41, 5.74) is 4.37. The number of methoxy groups -OCH3 is 1. The van der Waals surface area contributed by atoms with Gasteiger partial charge >= 0.3 is 0 Å². The second-order valence-corrected chi connectivity index (χ2v) is 7.63. The zero-order valence-corrected chi connectivity index (χ0v) is 17.1. The Kier molecular flexibility index (Phi) is 5.19. The molecule has 136 valence electrons. The van der Waals surface area contributed by atoms with Crippen LogP contribution in [0.15, 0.2) is 82.4 Å². The molecule has 0 N–H and O–H groups in total. The molecule has 0 aromatic heterocycles. The molecule has 0 bridgehead atoms. The molecule has 0 amide bonds. The zero-order valence-electron chi connectivity index (χ0n) is 14.8. The van der Waals surface area contributed by atoms with Crippen molar-refractivity contribution in [3.05, 3.63) is 93.4 Å². The summed E-state index contributed by atoms with van der Waals surface area (Å²) in [4.78, 5) is 0. The summed E-state index contributed by atoms with van der Waals surface area (Å²) < 4.78 is 6.32. The molecule has 0 aliphatic carbocycles. The highest BCUT2D eigenvalue weighted by molar-refractivity contribution is 9.10. The third kappa shape index (κ3) is 3.73. The van der Waals surface area contributed by atoms with Gasteiger partial charge in [0, 0.05) is 15.9 Å². The van der Waals surface area contributed by atoms with Gasteiger partial charge in [0.2, 0.25) is 0 Å². The fraction of sp³-hybridized carbons (Fsp3) is 0.136. The van der Waals surface area contributed by atoms with Crippen LogP contribution in [-0.4, -0.2) is 12.8 Å². The van der Waals surface area contributed by atoms with Crippen LogP contribution in [0.3, 0.4) is 0 Å². The fourth-order valence-corrected chi connectivity index (χ4v) is 3.86. The predicted molar refractivity (Wildman–Crippen MR) is 115 cm³/mol. The minimum Gasteiger partial charge on any atom is -0.497 e. The quantitative estimate of drug-likeness (QED) is 0.464. The molecule has 0 unspecified atom stereocenters. The summed E-state index contributed by atoms with van der Waals surface area (Å²) in [6.45, 7) is 0. The van der Waals surface area contributed by atoms with E-state index in [2.05, 4.69) is 39.1 Å². The van der Waals surface area contributed by atoms with Crippen molar-refractivity contribution in [1.82, 2.24) is 0 Å².